The van der Waals surface area contributed by atoms with E-state index in [9.17, 15) is 4.79 Å². The summed E-state index contributed by atoms with van der Waals surface area (Å²) in [7, 11) is 0. The summed E-state index contributed by atoms with van der Waals surface area (Å²) >= 11 is 0. The number of ether oxygens (including phenoxy) is 2. The van der Waals surface area contributed by atoms with E-state index in [1.807, 2.05) is 44.2 Å². The summed E-state index contributed by atoms with van der Waals surface area (Å²) in [6, 6.07) is 12.9. The molecule has 132 valence electrons. The molecule has 6 heteroatoms. The number of hydrazone groups is 1. The molecule has 3 N–H and O–H groups in total. The molecule has 0 saturated carbocycles. The van der Waals surface area contributed by atoms with E-state index in [2.05, 4.69) is 22.7 Å². The van der Waals surface area contributed by atoms with E-state index in [4.69, 9.17) is 15.2 Å². The van der Waals surface area contributed by atoms with E-state index in [1.54, 1.807) is 0 Å². The zero-order valence-corrected chi connectivity index (χ0v) is 14.5. The average Bonchev–Trinajstić information content (AvgIpc) is 2.57. The van der Waals surface area contributed by atoms with Gasteiger partial charge < -0.3 is 15.2 Å². The highest BCUT2D eigenvalue weighted by Crippen LogP contribution is 2.19. The molecule has 0 unspecified atom stereocenters. The normalized spacial score (nSPS) is 10.6. The first-order chi connectivity index (χ1) is 12.0. The van der Waals surface area contributed by atoms with Gasteiger partial charge in [0.1, 0.15) is 11.5 Å². The van der Waals surface area contributed by atoms with E-state index in [1.165, 1.54) is 11.8 Å². The summed E-state index contributed by atoms with van der Waals surface area (Å²) in [5, 5.41) is 3.72. The highest BCUT2D eigenvalue weighted by Gasteiger charge is 2.00. The zero-order valence-electron chi connectivity index (χ0n) is 14.5. The Kier molecular flexibility index (Phi) is 6.83. The summed E-state index contributed by atoms with van der Waals surface area (Å²) in [5.74, 6) is 1.65. The predicted octanol–water partition coefficient (Wildman–Crippen LogP) is 3.15. The third-order valence-electron chi connectivity index (χ3n) is 3.41. The monoisotopic (exact) mass is 341 g/mol. The fourth-order valence-corrected chi connectivity index (χ4v) is 2.15. The SMILES string of the molecule is Cc1ccc(C)c(OCCCOc2cccc(/C=N\NC(N)=O)c2)c1. The van der Waals surface area contributed by atoms with Crippen molar-refractivity contribution in [2.24, 2.45) is 10.8 Å². The van der Waals surface area contributed by atoms with Gasteiger partial charge in [0.25, 0.3) is 0 Å². The van der Waals surface area contributed by atoms with Crippen molar-refractivity contribution in [2.75, 3.05) is 13.2 Å². The van der Waals surface area contributed by atoms with Crippen LogP contribution in [-0.2, 0) is 0 Å². The Balaban J connectivity index is 1.75. The van der Waals surface area contributed by atoms with Crippen LogP contribution in [-0.4, -0.2) is 25.5 Å². The Morgan fingerprint density at radius 1 is 1.16 bits per heavy atom. The summed E-state index contributed by atoms with van der Waals surface area (Å²) in [6.45, 7) is 5.22. The Morgan fingerprint density at radius 3 is 2.76 bits per heavy atom. The van der Waals surface area contributed by atoms with Crippen molar-refractivity contribution in [2.45, 2.75) is 20.3 Å². The molecule has 2 rings (SSSR count). The number of hydrogen-bond acceptors (Lipinski definition) is 4. The van der Waals surface area contributed by atoms with E-state index >= 15 is 0 Å². The number of nitrogens with two attached hydrogens (primary N) is 1. The van der Waals surface area contributed by atoms with Gasteiger partial charge in [0, 0.05) is 6.42 Å². The molecule has 0 bridgehead atoms. The van der Waals surface area contributed by atoms with Gasteiger partial charge in [0.05, 0.1) is 19.4 Å². The zero-order chi connectivity index (χ0) is 18.1. The number of nitrogens with one attached hydrogen (secondary N) is 1. The van der Waals surface area contributed by atoms with Crippen LogP contribution >= 0.6 is 0 Å². The van der Waals surface area contributed by atoms with Gasteiger partial charge in [-0.15, -0.1) is 0 Å². The van der Waals surface area contributed by atoms with Crippen molar-refractivity contribution in [3.63, 3.8) is 0 Å². The Labute approximate surface area is 147 Å². The van der Waals surface area contributed by atoms with E-state index < -0.39 is 6.03 Å². The number of carbonyl (C=O) groups excluding carboxylic acids is 1. The van der Waals surface area contributed by atoms with Crippen molar-refractivity contribution in [3.05, 3.63) is 59.2 Å². The maximum atomic E-state index is 10.6. The smallest absolute Gasteiger partial charge is 0.332 e. The van der Waals surface area contributed by atoms with E-state index in [0.29, 0.717) is 13.2 Å². The molecule has 0 heterocycles. The van der Waals surface area contributed by atoms with Gasteiger partial charge in [0.2, 0.25) is 0 Å². The molecule has 2 amide bonds. The molecule has 2 aromatic rings. The van der Waals surface area contributed by atoms with Crippen LogP contribution in [0.5, 0.6) is 11.5 Å². The molecule has 0 spiro atoms. The molecule has 0 saturated heterocycles. The molecular formula is C19H23N3O3. The predicted molar refractivity (Wildman–Crippen MR) is 98.3 cm³/mol. The number of rotatable bonds is 8. The molecule has 0 aromatic heterocycles. The van der Waals surface area contributed by atoms with E-state index in [0.717, 1.165) is 29.0 Å². The van der Waals surface area contributed by atoms with Gasteiger partial charge in [-0.1, -0.05) is 24.3 Å². The molecule has 25 heavy (non-hydrogen) atoms. The molecular weight excluding hydrogens is 318 g/mol. The highest BCUT2D eigenvalue weighted by atomic mass is 16.5. The first kappa shape index (κ1) is 18.3. The lowest BCUT2D eigenvalue weighted by atomic mass is 10.1. The van der Waals surface area contributed by atoms with Gasteiger partial charge in [-0.05, 0) is 48.7 Å². The standard InChI is InChI=1S/C19H23N3O3/c1-14-7-8-15(2)18(11-14)25-10-4-9-24-17-6-3-5-16(12-17)13-21-22-19(20)23/h3,5-8,11-13H,4,9-10H2,1-2H3,(H3,20,22,23)/b21-13-. The summed E-state index contributed by atoms with van der Waals surface area (Å²) < 4.78 is 11.5. The Bertz CT molecular complexity index is 744. The summed E-state index contributed by atoms with van der Waals surface area (Å²) in [4.78, 5) is 10.6. The maximum Gasteiger partial charge on any atom is 0.332 e. The van der Waals surface area contributed by atoms with Crippen LogP contribution in [0.4, 0.5) is 4.79 Å². The second kappa shape index (κ2) is 9.32. The van der Waals surface area contributed by atoms with Crippen LogP contribution in [0.2, 0.25) is 0 Å². The second-order valence-electron chi connectivity index (χ2n) is 5.63. The number of primary amides is 1. The van der Waals surface area contributed by atoms with Crippen LogP contribution in [0.25, 0.3) is 0 Å². The highest BCUT2D eigenvalue weighted by molar-refractivity contribution is 5.81. The number of urea groups is 1. The van der Waals surface area contributed by atoms with Crippen molar-refractivity contribution >= 4 is 12.2 Å². The number of hydrogen-bond donors (Lipinski definition) is 2. The topological polar surface area (TPSA) is 85.9 Å². The van der Waals surface area contributed by atoms with Crippen LogP contribution in [0, 0.1) is 13.8 Å². The van der Waals surface area contributed by atoms with Gasteiger partial charge >= 0.3 is 6.03 Å². The van der Waals surface area contributed by atoms with Crippen molar-refractivity contribution in [3.8, 4) is 11.5 Å². The van der Waals surface area contributed by atoms with Crippen LogP contribution in [0.1, 0.15) is 23.1 Å². The third kappa shape index (κ3) is 6.55. The quantitative estimate of drug-likeness (QED) is 0.439. The molecule has 0 fully saturated rings. The molecule has 0 radical (unpaired) electrons. The molecule has 2 aromatic carbocycles. The fourth-order valence-electron chi connectivity index (χ4n) is 2.15. The van der Waals surface area contributed by atoms with Crippen molar-refractivity contribution < 1.29 is 14.3 Å². The minimum atomic E-state index is -0.701. The van der Waals surface area contributed by atoms with Gasteiger partial charge in [-0.2, -0.15) is 5.10 Å². The van der Waals surface area contributed by atoms with E-state index in [-0.39, 0.29) is 0 Å². The lowest BCUT2D eigenvalue weighted by Crippen LogP contribution is -2.24. The number of carbonyl (C=O) groups is 1. The summed E-state index contributed by atoms with van der Waals surface area (Å²) in [6.07, 6.45) is 2.27. The fraction of sp³-hybridized carbons (Fsp3) is 0.263. The average molecular weight is 341 g/mol. The van der Waals surface area contributed by atoms with Crippen LogP contribution < -0.4 is 20.6 Å². The van der Waals surface area contributed by atoms with Gasteiger partial charge in [-0.25, -0.2) is 10.2 Å². The lowest BCUT2D eigenvalue weighted by Gasteiger charge is -2.11. The second-order valence-corrected chi connectivity index (χ2v) is 5.63. The number of aryl methyl sites for hydroxylation is 2. The first-order valence-corrected chi connectivity index (χ1v) is 8.06. The van der Waals surface area contributed by atoms with Crippen molar-refractivity contribution in [1.29, 1.82) is 0 Å². The molecule has 0 aliphatic rings. The largest absolute Gasteiger partial charge is 0.493 e. The third-order valence-corrected chi connectivity index (χ3v) is 3.41. The molecule has 0 atom stereocenters. The van der Waals surface area contributed by atoms with Crippen LogP contribution in [0.3, 0.4) is 0 Å². The summed E-state index contributed by atoms with van der Waals surface area (Å²) in [5.41, 5.74) is 10.2. The first-order valence-electron chi connectivity index (χ1n) is 8.06. The Hall–Kier alpha value is -3.02. The molecule has 0 aliphatic carbocycles. The minimum absolute atomic E-state index is 0.547. The maximum absolute atomic E-state index is 10.6. The number of amides is 2. The lowest BCUT2D eigenvalue weighted by molar-refractivity contribution is 0.246. The van der Waals surface area contributed by atoms with Gasteiger partial charge in [0.15, 0.2) is 0 Å². The molecule has 6 nitrogen and oxygen atoms in total. The number of benzene rings is 2. The molecule has 0 aliphatic heterocycles. The Morgan fingerprint density at radius 2 is 1.96 bits per heavy atom. The van der Waals surface area contributed by atoms with Crippen LogP contribution in [0.15, 0.2) is 47.6 Å². The minimum Gasteiger partial charge on any atom is -0.493 e. The van der Waals surface area contributed by atoms with Gasteiger partial charge in [-0.3, -0.25) is 0 Å². The van der Waals surface area contributed by atoms with Crippen molar-refractivity contribution in [1.82, 2.24) is 5.43 Å². The number of nitrogens with zero attached hydrogens (tertiary/aromatic N) is 1.